The lowest BCUT2D eigenvalue weighted by Gasteiger charge is -2.15. The molecule has 1 unspecified atom stereocenters. The first kappa shape index (κ1) is 20.2. The molecule has 2 aromatic carbocycles. The van der Waals surface area contributed by atoms with Crippen molar-refractivity contribution in [2.24, 2.45) is 0 Å². The highest BCUT2D eigenvalue weighted by atomic mass is 35.5. The summed E-state index contributed by atoms with van der Waals surface area (Å²) < 4.78 is 0. The zero-order valence-corrected chi connectivity index (χ0v) is 16.2. The molecule has 0 heterocycles. The highest BCUT2D eigenvalue weighted by Gasteiger charge is 2.13. The van der Waals surface area contributed by atoms with Crippen LogP contribution in [0, 0.1) is 6.92 Å². The molecular formula is C19H22Cl2N3O2+. The van der Waals surface area contributed by atoms with Crippen molar-refractivity contribution in [2.45, 2.75) is 13.5 Å². The molecule has 1 atom stereocenters. The Morgan fingerprint density at radius 1 is 1.00 bits per heavy atom. The number of carbonyl (C=O) groups is 2. The zero-order valence-electron chi connectivity index (χ0n) is 14.7. The minimum absolute atomic E-state index is 0.0931. The predicted octanol–water partition coefficient (Wildman–Crippen LogP) is 2.07. The van der Waals surface area contributed by atoms with E-state index in [4.69, 9.17) is 23.2 Å². The SMILES string of the molecule is Cc1c(Cl)cccc1NC(=O)CNC(=O)C[NH+](C)Cc1ccccc1Cl. The first-order chi connectivity index (χ1) is 12.4. The van der Waals surface area contributed by atoms with Crippen molar-refractivity contribution < 1.29 is 14.5 Å². The molecule has 0 bridgehead atoms. The molecule has 0 aliphatic rings. The first-order valence-corrected chi connectivity index (χ1v) is 8.98. The van der Waals surface area contributed by atoms with Crippen molar-refractivity contribution in [3.8, 4) is 0 Å². The van der Waals surface area contributed by atoms with Gasteiger partial charge in [-0.3, -0.25) is 9.59 Å². The number of nitrogens with one attached hydrogen (secondary N) is 3. The van der Waals surface area contributed by atoms with Crippen molar-refractivity contribution >= 4 is 40.7 Å². The molecule has 0 spiro atoms. The Hall–Kier alpha value is -2.08. The van der Waals surface area contributed by atoms with Gasteiger partial charge in [0.15, 0.2) is 6.54 Å². The van der Waals surface area contributed by atoms with E-state index in [9.17, 15) is 9.59 Å². The van der Waals surface area contributed by atoms with Gasteiger partial charge >= 0.3 is 0 Å². The van der Waals surface area contributed by atoms with Gasteiger partial charge in [-0.2, -0.15) is 0 Å². The molecule has 2 rings (SSSR count). The summed E-state index contributed by atoms with van der Waals surface area (Å²) in [6.45, 7) is 2.60. The Morgan fingerprint density at radius 3 is 2.42 bits per heavy atom. The van der Waals surface area contributed by atoms with E-state index in [-0.39, 0.29) is 24.9 Å². The Kier molecular flexibility index (Phi) is 7.45. The number of rotatable bonds is 7. The van der Waals surface area contributed by atoms with E-state index in [1.54, 1.807) is 18.2 Å². The van der Waals surface area contributed by atoms with Crippen LogP contribution in [0.3, 0.4) is 0 Å². The summed E-state index contributed by atoms with van der Waals surface area (Å²) in [6, 6.07) is 12.8. The summed E-state index contributed by atoms with van der Waals surface area (Å²) in [5, 5.41) is 6.64. The third-order valence-electron chi connectivity index (χ3n) is 3.90. The highest BCUT2D eigenvalue weighted by Crippen LogP contribution is 2.22. The molecule has 0 saturated carbocycles. The molecule has 5 nitrogen and oxygen atoms in total. The van der Waals surface area contributed by atoms with Crippen LogP contribution in [0.1, 0.15) is 11.1 Å². The van der Waals surface area contributed by atoms with Crippen LogP contribution in [-0.2, 0) is 16.1 Å². The predicted molar refractivity (Wildman–Crippen MR) is 105 cm³/mol. The number of carbonyl (C=O) groups excluding carboxylic acids is 2. The molecule has 0 aliphatic carbocycles. The first-order valence-electron chi connectivity index (χ1n) is 8.23. The minimum Gasteiger partial charge on any atom is -0.342 e. The Labute approximate surface area is 163 Å². The third kappa shape index (κ3) is 6.02. The number of quaternary nitrogens is 1. The Bertz CT molecular complexity index is 796. The monoisotopic (exact) mass is 394 g/mol. The fourth-order valence-corrected chi connectivity index (χ4v) is 2.86. The van der Waals surface area contributed by atoms with E-state index < -0.39 is 0 Å². The molecule has 138 valence electrons. The summed E-state index contributed by atoms with van der Waals surface area (Å²) in [4.78, 5) is 25.0. The topological polar surface area (TPSA) is 62.6 Å². The molecule has 7 heteroatoms. The number of amides is 2. The van der Waals surface area contributed by atoms with E-state index in [0.29, 0.717) is 22.3 Å². The number of benzene rings is 2. The van der Waals surface area contributed by atoms with Crippen molar-refractivity contribution in [3.05, 3.63) is 63.6 Å². The second kappa shape index (κ2) is 9.57. The molecule has 0 radical (unpaired) electrons. The lowest BCUT2D eigenvalue weighted by Crippen LogP contribution is -3.08. The van der Waals surface area contributed by atoms with E-state index >= 15 is 0 Å². The standard InChI is InChI=1S/C19H21Cl2N3O2/c1-13-15(20)8-5-9-17(13)23-18(25)10-22-19(26)12-24(2)11-14-6-3-4-7-16(14)21/h3-9H,10-12H2,1-2H3,(H,22,26)(H,23,25)/p+1. The highest BCUT2D eigenvalue weighted by molar-refractivity contribution is 6.32. The van der Waals surface area contributed by atoms with Crippen LogP contribution in [0.15, 0.2) is 42.5 Å². The maximum absolute atomic E-state index is 12.0. The van der Waals surface area contributed by atoms with Gasteiger partial charge in [0.25, 0.3) is 5.91 Å². The van der Waals surface area contributed by atoms with E-state index in [0.717, 1.165) is 16.0 Å². The molecule has 2 aromatic rings. The number of likely N-dealkylation sites (N-methyl/N-ethyl adjacent to an activating group) is 1. The number of hydrogen-bond acceptors (Lipinski definition) is 2. The van der Waals surface area contributed by atoms with Gasteiger partial charge in [-0.15, -0.1) is 0 Å². The van der Waals surface area contributed by atoms with Gasteiger partial charge in [-0.1, -0.05) is 47.5 Å². The van der Waals surface area contributed by atoms with Crippen LogP contribution >= 0.6 is 23.2 Å². The third-order valence-corrected chi connectivity index (χ3v) is 4.68. The van der Waals surface area contributed by atoms with E-state index in [2.05, 4.69) is 10.6 Å². The molecule has 3 N–H and O–H groups in total. The molecular weight excluding hydrogens is 373 g/mol. The van der Waals surface area contributed by atoms with Crippen molar-refractivity contribution in [1.82, 2.24) is 5.32 Å². The van der Waals surface area contributed by atoms with E-state index in [1.165, 1.54) is 0 Å². The van der Waals surface area contributed by atoms with Crippen molar-refractivity contribution in [2.75, 3.05) is 25.5 Å². The number of hydrogen-bond donors (Lipinski definition) is 3. The molecule has 26 heavy (non-hydrogen) atoms. The van der Waals surface area contributed by atoms with Gasteiger partial charge < -0.3 is 15.5 Å². The number of halogens is 2. The summed E-state index contributed by atoms with van der Waals surface area (Å²) in [7, 11) is 1.90. The van der Waals surface area contributed by atoms with Gasteiger partial charge in [-0.05, 0) is 30.7 Å². The second-order valence-corrected chi connectivity index (χ2v) is 6.95. The largest absolute Gasteiger partial charge is 0.342 e. The fraction of sp³-hybridized carbons (Fsp3) is 0.263. The normalized spacial score (nSPS) is 11.7. The maximum Gasteiger partial charge on any atom is 0.275 e. The Morgan fingerprint density at radius 2 is 1.69 bits per heavy atom. The van der Waals surface area contributed by atoms with Gasteiger partial charge in [0.1, 0.15) is 6.54 Å². The molecule has 0 aliphatic heterocycles. The molecule has 2 amide bonds. The molecule has 0 saturated heterocycles. The van der Waals surface area contributed by atoms with Crippen molar-refractivity contribution in [3.63, 3.8) is 0 Å². The van der Waals surface area contributed by atoms with Gasteiger partial charge in [-0.25, -0.2) is 0 Å². The smallest absolute Gasteiger partial charge is 0.275 e. The van der Waals surface area contributed by atoms with Crippen molar-refractivity contribution in [1.29, 1.82) is 0 Å². The summed E-state index contributed by atoms with van der Waals surface area (Å²) in [5.74, 6) is -0.500. The van der Waals surface area contributed by atoms with Gasteiger partial charge in [0, 0.05) is 21.3 Å². The fourth-order valence-electron chi connectivity index (χ4n) is 2.48. The minimum atomic E-state index is -0.299. The average molecular weight is 395 g/mol. The summed E-state index contributed by atoms with van der Waals surface area (Å²) >= 11 is 12.2. The quantitative estimate of drug-likeness (QED) is 0.672. The summed E-state index contributed by atoms with van der Waals surface area (Å²) in [6.07, 6.45) is 0. The number of anilines is 1. The van der Waals surface area contributed by atoms with Crippen LogP contribution in [-0.4, -0.2) is 32.0 Å². The summed E-state index contributed by atoms with van der Waals surface area (Å²) in [5.41, 5.74) is 2.41. The lowest BCUT2D eigenvalue weighted by atomic mass is 10.2. The van der Waals surface area contributed by atoms with Crippen LogP contribution in [0.5, 0.6) is 0 Å². The zero-order chi connectivity index (χ0) is 19.1. The van der Waals surface area contributed by atoms with Crippen LogP contribution in [0.4, 0.5) is 5.69 Å². The van der Waals surface area contributed by atoms with Crippen LogP contribution < -0.4 is 15.5 Å². The van der Waals surface area contributed by atoms with E-state index in [1.807, 2.05) is 38.2 Å². The molecule has 0 fully saturated rings. The average Bonchev–Trinajstić information content (AvgIpc) is 2.59. The van der Waals surface area contributed by atoms with Gasteiger partial charge in [0.05, 0.1) is 13.6 Å². The maximum atomic E-state index is 12.0. The lowest BCUT2D eigenvalue weighted by molar-refractivity contribution is -0.885. The van der Waals surface area contributed by atoms with Crippen LogP contribution in [0.25, 0.3) is 0 Å². The second-order valence-electron chi connectivity index (χ2n) is 6.14. The molecule has 0 aromatic heterocycles. The van der Waals surface area contributed by atoms with Crippen LogP contribution in [0.2, 0.25) is 10.0 Å². The van der Waals surface area contributed by atoms with Gasteiger partial charge in [0.2, 0.25) is 5.91 Å². The Balaban J connectivity index is 1.78.